The fraction of sp³-hybridized carbons (Fsp3) is 0.419. The molecular weight excluding hydrogens is 543 g/mol. The second-order valence-electron chi connectivity index (χ2n) is 11.7. The molecule has 0 saturated heterocycles. The summed E-state index contributed by atoms with van der Waals surface area (Å²) in [6.07, 6.45) is 6.16. The molecule has 3 heterocycles. The third-order valence-electron chi connectivity index (χ3n) is 7.93. The van der Waals surface area contributed by atoms with Gasteiger partial charge in [0.2, 0.25) is 0 Å². The average Bonchev–Trinajstić information content (AvgIpc) is 3.52. The van der Waals surface area contributed by atoms with E-state index in [9.17, 15) is 19.4 Å². The number of aromatic nitrogens is 1. The SMILES string of the molecule is CC(C)CC(C)c1cnc2cc(-c3ccc(-c4cc(NP(=O)(O)C5CCC(C)CC5)c(C(=O)O)s4)cc3)oc2c1. The fourth-order valence-corrected chi connectivity index (χ4v) is 8.35. The van der Waals surface area contributed by atoms with E-state index in [1.54, 1.807) is 6.07 Å². The molecule has 9 heteroatoms. The zero-order valence-electron chi connectivity index (χ0n) is 23.4. The lowest BCUT2D eigenvalue weighted by Crippen LogP contribution is -2.20. The van der Waals surface area contributed by atoms with E-state index < -0.39 is 13.5 Å². The third-order valence-corrected chi connectivity index (χ3v) is 11.2. The summed E-state index contributed by atoms with van der Waals surface area (Å²) in [7, 11) is -3.77. The van der Waals surface area contributed by atoms with Crippen LogP contribution >= 0.6 is 18.9 Å². The van der Waals surface area contributed by atoms with Crippen molar-refractivity contribution >= 4 is 41.6 Å². The van der Waals surface area contributed by atoms with Gasteiger partial charge >= 0.3 is 5.97 Å². The summed E-state index contributed by atoms with van der Waals surface area (Å²) >= 11 is 1.09. The van der Waals surface area contributed by atoms with Crippen molar-refractivity contribution in [2.24, 2.45) is 11.8 Å². The first-order chi connectivity index (χ1) is 19.0. The van der Waals surface area contributed by atoms with Crippen molar-refractivity contribution in [2.75, 3.05) is 5.09 Å². The van der Waals surface area contributed by atoms with Crippen LogP contribution in [0.4, 0.5) is 5.69 Å². The van der Waals surface area contributed by atoms with Crippen LogP contribution in [0.1, 0.15) is 81.0 Å². The van der Waals surface area contributed by atoms with Gasteiger partial charge in [-0.3, -0.25) is 9.55 Å². The predicted molar refractivity (Wildman–Crippen MR) is 162 cm³/mol. The minimum Gasteiger partial charge on any atom is -0.477 e. The molecule has 0 amide bonds. The van der Waals surface area contributed by atoms with Crippen LogP contribution in [0.3, 0.4) is 0 Å². The van der Waals surface area contributed by atoms with E-state index in [1.807, 2.05) is 36.5 Å². The van der Waals surface area contributed by atoms with E-state index in [0.29, 0.717) is 41.2 Å². The number of thiophene rings is 1. The molecule has 2 atom stereocenters. The number of carboxylic acid groups (broad SMARTS) is 1. The zero-order valence-corrected chi connectivity index (χ0v) is 25.1. The summed E-state index contributed by atoms with van der Waals surface area (Å²) in [5, 5.41) is 12.5. The van der Waals surface area contributed by atoms with Crippen molar-refractivity contribution < 1.29 is 23.8 Å². The number of rotatable bonds is 9. The number of nitrogens with one attached hydrogen (secondary N) is 1. The third kappa shape index (κ3) is 6.19. The first-order valence-corrected chi connectivity index (χ1v) is 16.5. The van der Waals surface area contributed by atoms with Gasteiger partial charge < -0.3 is 19.5 Å². The highest BCUT2D eigenvalue weighted by atomic mass is 32.1. The van der Waals surface area contributed by atoms with Crippen molar-refractivity contribution in [1.29, 1.82) is 0 Å². The number of carbonyl (C=O) groups is 1. The highest BCUT2D eigenvalue weighted by molar-refractivity contribution is 7.60. The number of pyridine rings is 1. The van der Waals surface area contributed by atoms with Gasteiger partial charge in [0, 0.05) is 22.7 Å². The number of hydrogen-bond acceptors (Lipinski definition) is 5. The highest BCUT2D eigenvalue weighted by Gasteiger charge is 2.35. The Bertz CT molecular complexity index is 1550. The molecule has 212 valence electrons. The Morgan fingerprint density at radius 1 is 1.10 bits per heavy atom. The largest absolute Gasteiger partial charge is 0.477 e. The molecule has 0 spiro atoms. The van der Waals surface area contributed by atoms with Crippen LogP contribution in [0.5, 0.6) is 0 Å². The molecule has 7 nitrogen and oxygen atoms in total. The van der Waals surface area contributed by atoms with Gasteiger partial charge in [-0.1, -0.05) is 52.0 Å². The topological polar surface area (TPSA) is 113 Å². The normalized spacial score (nSPS) is 19.9. The van der Waals surface area contributed by atoms with Crippen LogP contribution in [0.2, 0.25) is 0 Å². The van der Waals surface area contributed by atoms with Gasteiger partial charge in [0.1, 0.15) is 16.2 Å². The maximum absolute atomic E-state index is 13.2. The van der Waals surface area contributed by atoms with Crippen LogP contribution in [0.25, 0.3) is 32.9 Å². The summed E-state index contributed by atoms with van der Waals surface area (Å²) in [4.78, 5) is 28.2. The van der Waals surface area contributed by atoms with E-state index in [1.165, 1.54) is 5.56 Å². The zero-order chi connectivity index (χ0) is 28.6. The van der Waals surface area contributed by atoms with E-state index in [4.69, 9.17) is 4.42 Å². The second-order valence-corrected chi connectivity index (χ2v) is 14.9. The number of hydrogen-bond donors (Lipinski definition) is 3. The lowest BCUT2D eigenvalue weighted by Gasteiger charge is -2.30. The molecular formula is C31H37N2O5PS. The number of fused-ring (bicyclic) bond motifs is 1. The van der Waals surface area contributed by atoms with Gasteiger partial charge in [-0.05, 0) is 73.1 Å². The number of benzene rings is 1. The number of furan rings is 1. The molecule has 3 N–H and O–H groups in total. The first kappa shape index (κ1) is 28.6. The molecule has 0 bridgehead atoms. The van der Waals surface area contributed by atoms with Gasteiger partial charge in [-0.25, -0.2) is 4.79 Å². The van der Waals surface area contributed by atoms with Crippen molar-refractivity contribution in [3.05, 3.63) is 59.1 Å². The Morgan fingerprint density at radius 3 is 2.42 bits per heavy atom. The lowest BCUT2D eigenvalue weighted by molar-refractivity contribution is 0.0703. The molecule has 1 saturated carbocycles. The average molecular weight is 581 g/mol. The smallest absolute Gasteiger partial charge is 0.348 e. The molecule has 40 heavy (non-hydrogen) atoms. The molecule has 0 radical (unpaired) electrons. The minimum atomic E-state index is -3.77. The van der Waals surface area contributed by atoms with Crippen LogP contribution in [-0.4, -0.2) is 26.6 Å². The van der Waals surface area contributed by atoms with E-state index in [0.717, 1.165) is 52.8 Å². The Hall–Kier alpha value is -2.93. The summed E-state index contributed by atoms with van der Waals surface area (Å²) in [6.45, 7) is 8.80. The minimum absolute atomic E-state index is 0.0309. The molecule has 1 aromatic carbocycles. The summed E-state index contributed by atoms with van der Waals surface area (Å²) < 4.78 is 19.3. The standard InChI is InChI=1S/C31H37N2O5PS/c1-18(2)13-20(4)23-14-28-25(32-17-23)15-27(38-28)21-7-9-22(10-8-21)29-16-26(30(40-29)31(34)35)33-39(36,37)24-11-5-19(3)6-12-24/h7-10,14-20,24H,5-6,11-13H2,1-4H3,(H,34,35)(H2,33,36,37). The van der Waals surface area contributed by atoms with E-state index in [2.05, 4.69) is 43.8 Å². The Kier molecular flexibility index (Phi) is 8.23. The van der Waals surface area contributed by atoms with Crippen molar-refractivity contribution in [3.63, 3.8) is 0 Å². The van der Waals surface area contributed by atoms with Gasteiger partial charge in [0.25, 0.3) is 7.52 Å². The summed E-state index contributed by atoms with van der Waals surface area (Å²) in [5.41, 5.74) is 4.28. The molecule has 1 fully saturated rings. The van der Waals surface area contributed by atoms with Gasteiger partial charge in [0.15, 0.2) is 5.58 Å². The molecule has 5 rings (SSSR count). The summed E-state index contributed by atoms with van der Waals surface area (Å²) in [6, 6.07) is 13.4. The van der Waals surface area contributed by atoms with Crippen LogP contribution in [-0.2, 0) is 4.57 Å². The Morgan fingerprint density at radius 2 is 1.77 bits per heavy atom. The molecule has 1 aliphatic rings. The van der Waals surface area contributed by atoms with Crippen molar-refractivity contribution in [2.45, 2.75) is 71.4 Å². The molecule has 4 aromatic rings. The molecule has 1 aliphatic carbocycles. The van der Waals surface area contributed by atoms with E-state index in [-0.39, 0.29) is 16.2 Å². The van der Waals surface area contributed by atoms with Gasteiger partial charge in [-0.2, -0.15) is 0 Å². The van der Waals surface area contributed by atoms with Gasteiger partial charge in [-0.15, -0.1) is 11.3 Å². The number of aromatic carboxylic acids is 1. The first-order valence-electron chi connectivity index (χ1n) is 14.0. The second kappa shape index (κ2) is 11.5. The maximum Gasteiger partial charge on any atom is 0.348 e. The molecule has 0 aliphatic heterocycles. The fourth-order valence-electron chi connectivity index (χ4n) is 5.62. The highest BCUT2D eigenvalue weighted by Crippen LogP contribution is 2.54. The predicted octanol–water partition coefficient (Wildman–Crippen LogP) is 9.25. The summed E-state index contributed by atoms with van der Waals surface area (Å²) in [5.74, 6) is 1.15. The number of carboxylic acids is 1. The molecule has 3 aromatic heterocycles. The Labute approximate surface area is 239 Å². The maximum atomic E-state index is 13.2. The van der Waals surface area contributed by atoms with Crippen molar-refractivity contribution in [3.8, 4) is 21.8 Å². The lowest BCUT2D eigenvalue weighted by atomic mass is 9.91. The van der Waals surface area contributed by atoms with Crippen molar-refractivity contribution in [1.82, 2.24) is 4.98 Å². The van der Waals surface area contributed by atoms with E-state index >= 15 is 0 Å². The van der Waals surface area contributed by atoms with Gasteiger partial charge in [0.05, 0.1) is 11.3 Å². The van der Waals surface area contributed by atoms with Crippen LogP contribution < -0.4 is 5.09 Å². The van der Waals surface area contributed by atoms with Crippen LogP contribution in [0, 0.1) is 11.8 Å². The number of anilines is 1. The Balaban J connectivity index is 1.36. The monoisotopic (exact) mass is 580 g/mol. The van der Waals surface area contributed by atoms with Crippen LogP contribution in [0.15, 0.2) is 53.1 Å². The number of nitrogens with zero attached hydrogens (tertiary/aromatic N) is 1. The quantitative estimate of drug-likeness (QED) is 0.169. The molecule has 2 unspecified atom stereocenters.